The van der Waals surface area contributed by atoms with E-state index in [1.165, 1.54) is 0 Å². The van der Waals surface area contributed by atoms with Crippen LogP contribution in [0.2, 0.25) is 0 Å². The van der Waals surface area contributed by atoms with Crippen molar-refractivity contribution in [2.75, 3.05) is 6.61 Å². The molecule has 0 spiro atoms. The number of carbonyl (C=O) groups excluding carboxylic acids is 1. The van der Waals surface area contributed by atoms with Crippen molar-refractivity contribution in [2.24, 2.45) is 5.92 Å². The zero-order valence-electron chi connectivity index (χ0n) is 11.2. The summed E-state index contributed by atoms with van der Waals surface area (Å²) in [6.07, 6.45) is -0.0715. The molecule has 1 atom stereocenters. The fourth-order valence-electron chi connectivity index (χ4n) is 2.51. The first-order valence-corrected chi connectivity index (χ1v) is 6.86. The topological polar surface area (TPSA) is 49.3 Å². The number of hydrogen-bond acceptors (Lipinski definition) is 2. The molecule has 2 N–H and O–H groups in total. The molecule has 0 radical (unpaired) electrons. The Balaban J connectivity index is 1.93. The first-order valence-electron chi connectivity index (χ1n) is 6.86. The van der Waals surface area contributed by atoms with Crippen molar-refractivity contribution in [1.29, 1.82) is 0 Å². The predicted molar refractivity (Wildman–Crippen MR) is 71.3 cm³/mol. The molecule has 20 heavy (non-hydrogen) atoms. The Bertz CT molecular complexity index is 440. The zero-order valence-corrected chi connectivity index (χ0v) is 11.2. The molecule has 3 nitrogen and oxygen atoms in total. The summed E-state index contributed by atoms with van der Waals surface area (Å²) in [5, 5.41) is 12.1. The lowest BCUT2D eigenvalue weighted by Crippen LogP contribution is -2.38. The predicted octanol–water partition coefficient (Wildman–Crippen LogP) is 2.66. The Labute approximate surface area is 117 Å². The van der Waals surface area contributed by atoms with E-state index in [9.17, 15) is 18.7 Å². The van der Waals surface area contributed by atoms with E-state index >= 15 is 0 Å². The summed E-state index contributed by atoms with van der Waals surface area (Å²) < 4.78 is 26.1. The van der Waals surface area contributed by atoms with Crippen LogP contribution >= 0.6 is 0 Å². The van der Waals surface area contributed by atoms with E-state index in [-0.39, 0.29) is 44.1 Å². The number of benzene rings is 1. The van der Waals surface area contributed by atoms with Gasteiger partial charge in [0.1, 0.15) is 0 Å². The number of nitrogens with one attached hydrogen (secondary N) is 1. The molecular formula is C15H19F2NO2. The number of hydrogen-bond donors (Lipinski definition) is 2. The summed E-state index contributed by atoms with van der Waals surface area (Å²) in [4.78, 5) is 12.1. The summed E-state index contributed by atoms with van der Waals surface area (Å²) in [5.41, 5.74) is 0.810. The summed E-state index contributed by atoms with van der Waals surface area (Å²) in [6, 6.07) is 8.65. The maximum atomic E-state index is 13.1. The van der Waals surface area contributed by atoms with Crippen molar-refractivity contribution in [3.8, 4) is 0 Å². The number of amides is 1. The normalized spacial score (nSPS) is 20.4. The maximum absolute atomic E-state index is 13.1. The molecule has 1 fully saturated rings. The third-order valence-corrected chi connectivity index (χ3v) is 3.79. The largest absolute Gasteiger partial charge is 0.394 e. The van der Waals surface area contributed by atoms with Gasteiger partial charge in [-0.1, -0.05) is 30.3 Å². The molecule has 0 unspecified atom stereocenters. The van der Waals surface area contributed by atoms with Crippen LogP contribution in [0.25, 0.3) is 0 Å². The van der Waals surface area contributed by atoms with Gasteiger partial charge < -0.3 is 10.4 Å². The second-order valence-electron chi connectivity index (χ2n) is 5.28. The van der Waals surface area contributed by atoms with E-state index < -0.39 is 12.0 Å². The lowest BCUT2D eigenvalue weighted by molar-refractivity contribution is -0.130. The monoisotopic (exact) mass is 283 g/mol. The van der Waals surface area contributed by atoms with Gasteiger partial charge in [0, 0.05) is 18.8 Å². The second-order valence-corrected chi connectivity index (χ2v) is 5.28. The van der Waals surface area contributed by atoms with Gasteiger partial charge in [-0.3, -0.25) is 4.79 Å². The lowest BCUT2D eigenvalue weighted by Gasteiger charge is -2.28. The van der Waals surface area contributed by atoms with Crippen LogP contribution in [0.4, 0.5) is 8.78 Å². The number of aliphatic hydroxyl groups is 1. The summed E-state index contributed by atoms with van der Waals surface area (Å²) in [6.45, 7) is -0.210. The highest BCUT2D eigenvalue weighted by molar-refractivity contribution is 5.79. The van der Waals surface area contributed by atoms with Crippen LogP contribution in [-0.4, -0.2) is 23.5 Å². The molecule has 1 aliphatic carbocycles. The highest BCUT2D eigenvalue weighted by Crippen LogP contribution is 2.36. The van der Waals surface area contributed by atoms with Crippen molar-refractivity contribution in [3.63, 3.8) is 0 Å². The SMILES string of the molecule is O=C(N[C@@H](CO)c1ccccc1)C1CCC(F)(F)CC1. The first kappa shape index (κ1) is 14.9. The van der Waals surface area contributed by atoms with Crippen molar-refractivity contribution < 1.29 is 18.7 Å². The van der Waals surface area contributed by atoms with E-state index in [2.05, 4.69) is 5.32 Å². The van der Waals surface area contributed by atoms with Gasteiger partial charge in [-0.2, -0.15) is 0 Å². The number of alkyl halides is 2. The molecule has 1 amide bonds. The van der Waals surface area contributed by atoms with E-state index in [1.54, 1.807) is 0 Å². The van der Waals surface area contributed by atoms with Crippen LogP contribution in [0.1, 0.15) is 37.3 Å². The minimum absolute atomic E-state index is 0.200. The van der Waals surface area contributed by atoms with Crippen LogP contribution in [0.15, 0.2) is 30.3 Å². The standard InChI is InChI=1S/C15H19F2NO2/c16-15(17)8-6-12(7-9-15)14(20)18-13(10-19)11-4-2-1-3-5-11/h1-5,12-13,19H,6-10H2,(H,18,20)/t13-/m0/s1. The molecule has 110 valence electrons. The highest BCUT2D eigenvalue weighted by atomic mass is 19.3. The van der Waals surface area contributed by atoms with E-state index in [0.29, 0.717) is 0 Å². The molecule has 5 heteroatoms. The Kier molecular flexibility index (Phi) is 4.70. The van der Waals surface area contributed by atoms with Gasteiger partial charge in [0.05, 0.1) is 12.6 Å². The molecule has 1 aromatic carbocycles. The number of halogens is 2. The Morgan fingerprint density at radius 3 is 2.45 bits per heavy atom. The third-order valence-electron chi connectivity index (χ3n) is 3.79. The Morgan fingerprint density at radius 1 is 1.30 bits per heavy atom. The van der Waals surface area contributed by atoms with Crippen LogP contribution in [-0.2, 0) is 4.79 Å². The minimum Gasteiger partial charge on any atom is -0.394 e. The lowest BCUT2D eigenvalue weighted by atomic mass is 9.86. The van der Waals surface area contributed by atoms with Gasteiger partial charge >= 0.3 is 0 Å². The van der Waals surface area contributed by atoms with Crippen molar-refractivity contribution in [1.82, 2.24) is 5.32 Å². The number of carbonyl (C=O) groups is 1. The van der Waals surface area contributed by atoms with Crippen LogP contribution in [0.5, 0.6) is 0 Å². The highest BCUT2D eigenvalue weighted by Gasteiger charge is 2.37. The fraction of sp³-hybridized carbons (Fsp3) is 0.533. The van der Waals surface area contributed by atoms with Gasteiger partial charge in [0.25, 0.3) is 0 Å². The quantitative estimate of drug-likeness (QED) is 0.892. The molecule has 1 saturated carbocycles. The van der Waals surface area contributed by atoms with Crippen molar-refractivity contribution in [2.45, 2.75) is 37.6 Å². The molecule has 0 aliphatic heterocycles. The average Bonchev–Trinajstić information content (AvgIpc) is 2.45. The molecule has 2 rings (SSSR count). The van der Waals surface area contributed by atoms with Crippen LogP contribution < -0.4 is 5.32 Å². The van der Waals surface area contributed by atoms with E-state index in [4.69, 9.17) is 0 Å². The third kappa shape index (κ3) is 3.76. The molecule has 1 aliphatic rings. The van der Waals surface area contributed by atoms with Crippen LogP contribution in [0, 0.1) is 5.92 Å². The van der Waals surface area contributed by atoms with Gasteiger partial charge in [-0.15, -0.1) is 0 Å². The van der Waals surface area contributed by atoms with Crippen molar-refractivity contribution in [3.05, 3.63) is 35.9 Å². The minimum atomic E-state index is -2.63. The van der Waals surface area contributed by atoms with Crippen LogP contribution in [0.3, 0.4) is 0 Å². The van der Waals surface area contributed by atoms with Crippen molar-refractivity contribution >= 4 is 5.91 Å². The Hall–Kier alpha value is -1.49. The maximum Gasteiger partial charge on any atom is 0.248 e. The molecule has 0 aromatic heterocycles. The van der Waals surface area contributed by atoms with Gasteiger partial charge in [0.15, 0.2) is 0 Å². The van der Waals surface area contributed by atoms with E-state index in [0.717, 1.165) is 5.56 Å². The molecule has 0 saturated heterocycles. The van der Waals surface area contributed by atoms with Gasteiger partial charge in [-0.05, 0) is 18.4 Å². The summed E-state index contributed by atoms with van der Waals surface area (Å²) in [5.74, 6) is -3.26. The Morgan fingerprint density at radius 2 is 1.90 bits per heavy atom. The number of rotatable bonds is 4. The molecule has 1 aromatic rings. The van der Waals surface area contributed by atoms with Gasteiger partial charge in [-0.25, -0.2) is 8.78 Å². The summed E-state index contributed by atoms with van der Waals surface area (Å²) in [7, 11) is 0. The molecule has 0 heterocycles. The second kappa shape index (κ2) is 6.31. The smallest absolute Gasteiger partial charge is 0.248 e. The number of aliphatic hydroxyl groups excluding tert-OH is 1. The van der Waals surface area contributed by atoms with E-state index in [1.807, 2.05) is 30.3 Å². The molecular weight excluding hydrogens is 264 g/mol. The average molecular weight is 283 g/mol. The van der Waals surface area contributed by atoms with Gasteiger partial charge in [0.2, 0.25) is 11.8 Å². The molecule has 0 bridgehead atoms. The summed E-state index contributed by atoms with van der Waals surface area (Å²) >= 11 is 0. The fourth-order valence-corrected chi connectivity index (χ4v) is 2.51. The first-order chi connectivity index (χ1) is 9.52. The zero-order chi connectivity index (χ0) is 14.6.